The summed E-state index contributed by atoms with van der Waals surface area (Å²) in [5.74, 6) is -2.37. The van der Waals surface area contributed by atoms with Crippen LogP contribution in [0.15, 0.2) is 84.9 Å². The normalized spacial score (nSPS) is 11.4. The van der Waals surface area contributed by atoms with Crippen molar-refractivity contribution in [3.63, 3.8) is 0 Å². The Balaban J connectivity index is 1.46. The number of hydrogen-bond donors (Lipinski definition) is 1. The number of ether oxygens (including phenoxy) is 1. The standard InChI is InChI=1S/C30H20O6/c1-36-30(35)26-9-5-3-7-24(26)28(32)18-11-13-22-20(15-18)16-19-14-17(10-12-21(19)22)27(31)23-6-2-4-8-25(23)29(33)34/h2-15H,16H2,1H3,(H,33,34). The summed E-state index contributed by atoms with van der Waals surface area (Å²) in [6.07, 6.45) is 0.520. The molecule has 0 aromatic heterocycles. The number of fused-ring (bicyclic) bond motifs is 3. The molecule has 0 fully saturated rings. The maximum atomic E-state index is 13.2. The number of methoxy groups -OCH3 is 1. The van der Waals surface area contributed by atoms with Crippen molar-refractivity contribution in [1.82, 2.24) is 0 Å². The Labute approximate surface area is 206 Å². The number of benzene rings is 4. The summed E-state index contributed by atoms with van der Waals surface area (Å²) in [5.41, 5.74) is 5.20. The van der Waals surface area contributed by atoms with Gasteiger partial charge >= 0.3 is 11.9 Å². The average molecular weight is 476 g/mol. The Bertz CT molecular complexity index is 1580. The van der Waals surface area contributed by atoms with Crippen LogP contribution in [-0.4, -0.2) is 35.7 Å². The minimum atomic E-state index is -1.15. The van der Waals surface area contributed by atoms with Crippen molar-refractivity contribution in [3.05, 3.63) is 129 Å². The molecule has 1 aliphatic rings. The van der Waals surface area contributed by atoms with E-state index in [-0.39, 0.29) is 33.8 Å². The fraction of sp³-hybridized carbons (Fsp3) is 0.0667. The number of carbonyl (C=O) groups is 4. The number of ketones is 2. The smallest absolute Gasteiger partial charge is 0.338 e. The van der Waals surface area contributed by atoms with Crippen LogP contribution in [0.25, 0.3) is 11.1 Å². The van der Waals surface area contributed by atoms with Crippen molar-refractivity contribution in [3.8, 4) is 11.1 Å². The highest BCUT2D eigenvalue weighted by atomic mass is 16.5. The first-order chi connectivity index (χ1) is 17.4. The highest BCUT2D eigenvalue weighted by Gasteiger charge is 2.25. The van der Waals surface area contributed by atoms with Crippen LogP contribution in [0.5, 0.6) is 0 Å². The van der Waals surface area contributed by atoms with Gasteiger partial charge in [-0.2, -0.15) is 0 Å². The van der Waals surface area contributed by atoms with Gasteiger partial charge in [-0.15, -0.1) is 0 Å². The molecule has 1 N–H and O–H groups in total. The number of carbonyl (C=O) groups excluding carboxylic acids is 3. The van der Waals surface area contributed by atoms with Crippen LogP contribution in [0.2, 0.25) is 0 Å². The molecule has 6 nitrogen and oxygen atoms in total. The Hall–Kier alpha value is -4.84. The first-order valence-corrected chi connectivity index (χ1v) is 11.2. The van der Waals surface area contributed by atoms with Gasteiger partial charge in [0.05, 0.1) is 18.2 Å². The van der Waals surface area contributed by atoms with Crippen LogP contribution in [0.1, 0.15) is 63.7 Å². The lowest BCUT2D eigenvalue weighted by atomic mass is 9.95. The van der Waals surface area contributed by atoms with Gasteiger partial charge in [-0.3, -0.25) is 9.59 Å². The molecule has 0 bridgehead atoms. The van der Waals surface area contributed by atoms with Crippen molar-refractivity contribution >= 4 is 23.5 Å². The van der Waals surface area contributed by atoms with Crippen molar-refractivity contribution in [1.29, 1.82) is 0 Å². The Morgan fingerprint density at radius 2 is 1.08 bits per heavy atom. The minimum Gasteiger partial charge on any atom is -0.478 e. The highest BCUT2D eigenvalue weighted by Crippen LogP contribution is 2.38. The molecule has 0 aliphatic heterocycles. The molecular formula is C30H20O6. The third kappa shape index (κ3) is 3.88. The zero-order valence-electron chi connectivity index (χ0n) is 19.3. The quantitative estimate of drug-likeness (QED) is 0.267. The van der Waals surface area contributed by atoms with Crippen molar-refractivity contribution < 1.29 is 29.0 Å². The minimum absolute atomic E-state index is 0.0401. The van der Waals surface area contributed by atoms with Gasteiger partial charge < -0.3 is 9.84 Å². The second-order valence-electron chi connectivity index (χ2n) is 8.47. The molecule has 0 unspecified atom stereocenters. The Kier molecular flexibility index (Phi) is 5.78. The van der Waals surface area contributed by atoms with Crippen LogP contribution >= 0.6 is 0 Å². The average Bonchev–Trinajstić information content (AvgIpc) is 3.28. The fourth-order valence-corrected chi connectivity index (χ4v) is 4.64. The highest BCUT2D eigenvalue weighted by molar-refractivity contribution is 6.15. The number of hydrogen-bond acceptors (Lipinski definition) is 5. The second-order valence-corrected chi connectivity index (χ2v) is 8.47. The third-order valence-corrected chi connectivity index (χ3v) is 6.39. The number of carboxylic acids is 1. The van der Waals surface area contributed by atoms with Gasteiger partial charge in [-0.05, 0) is 52.9 Å². The number of carboxylic acid groups (broad SMARTS) is 1. The van der Waals surface area contributed by atoms with Gasteiger partial charge in [0.2, 0.25) is 0 Å². The largest absolute Gasteiger partial charge is 0.478 e. The summed E-state index contributed by atoms with van der Waals surface area (Å²) in [4.78, 5) is 50.0. The van der Waals surface area contributed by atoms with E-state index in [4.69, 9.17) is 4.74 Å². The topological polar surface area (TPSA) is 97.7 Å². The molecule has 4 aromatic carbocycles. The van der Waals surface area contributed by atoms with E-state index in [2.05, 4.69) is 0 Å². The van der Waals surface area contributed by atoms with Crippen LogP contribution in [0, 0.1) is 0 Å². The molecule has 0 atom stereocenters. The van der Waals surface area contributed by atoms with Gasteiger partial charge in [-0.25, -0.2) is 9.59 Å². The molecule has 176 valence electrons. The lowest BCUT2D eigenvalue weighted by Gasteiger charge is -2.09. The van der Waals surface area contributed by atoms with E-state index in [1.807, 2.05) is 18.2 Å². The number of esters is 1. The van der Waals surface area contributed by atoms with E-state index in [1.54, 1.807) is 54.6 Å². The maximum absolute atomic E-state index is 13.2. The summed E-state index contributed by atoms with van der Waals surface area (Å²) < 4.78 is 4.81. The molecule has 0 spiro atoms. The van der Waals surface area contributed by atoms with E-state index < -0.39 is 11.9 Å². The summed E-state index contributed by atoms with van der Waals surface area (Å²) in [5, 5.41) is 9.44. The van der Waals surface area contributed by atoms with E-state index in [0.717, 1.165) is 22.3 Å². The predicted octanol–water partition coefficient (Wildman–Crippen LogP) is 5.20. The monoisotopic (exact) mass is 476 g/mol. The molecule has 36 heavy (non-hydrogen) atoms. The number of rotatable bonds is 6. The maximum Gasteiger partial charge on any atom is 0.338 e. The summed E-state index contributed by atoms with van der Waals surface area (Å²) in [7, 11) is 1.27. The van der Waals surface area contributed by atoms with Gasteiger partial charge in [0.15, 0.2) is 11.6 Å². The molecular weight excluding hydrogens is 456 g/mol. The van der Waals surface area contributed by atoms with E-state index in [1.165, 1.54) is 19.2 Å². The van der Waals surface area contributed by atoms with Crippen LogP contribution in [0.4, 0.5) is 0 Å². The van der Waals surface area contributed by atoms with Crippen molar-refractivity contribution in [2.45, 2.75) is 6.42 Å². The molecule has 0 heterocycles. The molecule has 1 aliphatic carbocycles. The van der Waals surface area contributed by atoms with Crippen molar-refractivity contribution in [2.75, 3.05) is 7.11 Å². The molecule has 0 saturated heterocycles. The Morgan fingerprint density at radius 3 is 1.56 bits per heavy atom. The lowest BCUT2D eigenvalue weighted by molar-refractivity contribution is 0.0596. The molecule has 5 rings (SSSR count). The number of aromatic carboxylic acids is 1. The third-order valence-electron chi connectivity index (χ3n) is 6.39. The molecule has 0 amide bonds. The second kappa shape index (κ2) is 9.07. The van der Waals surface area contributed by atoms with E-state index in [9.17, 15) is 24.3 Å². The SMILES string of the molecule is COC(=O)c1ccccc1C(=O)c1ccc2c(c1)Cc1cc(C(=O)c3ccccc3C(=O)O)ccc1-2. The first-order valence-electron chi connectivity index (χ1n) is 11.2. The predicted molar refractivity (Wildman–Crippen MR) is 133 cm³/mol. The van der Waals surface area contributed by atoms with Crippen LogP contribution in [-0.2, 0) is 11.2 Å². The zero-order chi connectivity index (χ0) is 25.4. The summed E-state index contributed by atoms with van der Waals surface area (Å²) in [6, 6.07) is 23.4. The lowest BCUT2D eigenvalue weighted by Crippen LogP contribution is -2.11. The van der Waals surface area contributed by atoms with Crippen LogP contribution in [0.3, 0.4) is 0 Å². The van der Waals surface area contributed by atoms with Gasteiger partial charge in [0, 0.05) is 22.3 Å². The molecule has 6 heteroatoms. The molecule has 0 saturated carbocycles. The summed E-state index contributed by atoms with van der Waals surface area (Å²) in [6.45, 7) is 0. The van der Waals surface area contributed by atoms with Crippen LogP contribution < -0.4 is 0 Å². The first kappa shape index (κ1) is 22.9. The van der Waals surface area contributed by atoms with E-state index >= 15 is 0 Å². The molecule has 4 aromatic rings. The van der Waals surface area contributed by atoms with Gasteiger partial charge in [0.1, 0.15) is 0 Å². The van der Waals surface area contributed by atoms with Crippen molar-refractivity contribution in [2.24, 2.45) is 0 Å². The van der Waals surface area contributed by atoms with Gasteiger partial charge in [0.25, 0.3) is 0 Å². The van der Waals surface area contributed by atoms with E-state index in [0.29, 0.717) is 17.5 Å². The van der Waals surface area contributed by atoms with Gasteiger partial charge in [-0.1, -0.05) is 60.7 Å². The zero-order valence-corrected chi connectivity index (χ0v) is 19.3. The Morgan fingerprint density at radius 1 is 0.639 bits per heavy atom. The summed E-state index contributed by atoms with van der Waals surface area (Å²) >= 11 is 0. The fourth-order valence-electron chi connectivity index (χ4n) is 4.64. The molecule has 0 radical (unpaired) electrons.